The van der Waals surface area contributed by atoms with Crippen LogP contribution in [-0.2, 0) is 0 Å². The van der Waals surface area contributed by atoms with Crippen LogP contribution in [0.25, 0.3) is 16.9 Å². The smallest absolute Gasteiger partial charge is 0.335 e. The van der Waals surface area contributed by atoms with Crippen molar-refractivity contribution in [1.82, 2.24) is 29.3 Å². The summed E-state index contributed by atoms with van der Waals surface area (Å²) in [5.74, 6) is -3.02. The molecule has 2 fully saturated rings. The molecular weight excluding hydrogens is 484 g/mol. The van der Waals surface area contributed by atoms with Crippen LogP contribution in [0.5, 0.6) is 0 Å². The highest BCUT2D eigenvalue weighted by Crippen LogP contribution is 2.39. The third kappa shape index (κ3) is 3.61. The molecular formula is C21H24BrF2N7O. The number of fused-ring (bicyclic) bond motifs is 1. The number of hydrogen-bond donors (Lipinski definition) is 2. The Bertz CT molecular complexity index is 1190. The Morgan fingerprint density at radius 2 is 1.84 bits per heavy atom. The molecule has 0 saturated carbocycles. The molecule has 2 aliphatic rings. The Labute approximate surface area is 191 Å². The molecule has 0 spiro atoms. The van der Waals surface area contributed by atoms with Crippen LogP contribution >= 0.6 is 15.9 Å². The van der Waals surface area contributed by atoms with Crippen LogP contribution in [0, 0.1) is 0 Å². The van der Waals surface area contributed by atoms with Crippen molar-refractivity contribution < 1.29 is 8.78 Å². The van der Waals surface area contributed by atoms with Gasteiger partial charge in [0.2, 0.25) is 0 Å². The van der Waals surface area contributed by atoms with Gasteiger partial charge in [-0.2, -0.15) is 0 Å². The second kappa shape index (κ2) is 8.20. The lowest BCUT2D eigenvalue weighted by atomic mass is 9.96. The van der Waals surface area contributed by atoms with Gasteiger partial charge in [0.25, 0.3) is 5.92 Å². The predicted octanol–water partition coefficient (Wildman–Crippen LogP) is 2.56. The highest BCUT2D eigenvalue weighted by atomic mass is 79.9. The van der Waals surface area contributed by atoms with Crippen molar-refractivity contribution >= 4 is 32.9 Å². The summed E-state index contributed by atoms with van der Waals surface area (Å²) < 4.78 is 34.3. The number of hydrogen-bond acceptors (Lipinski definition) is 6. The molecule has 2 aromatic heterocycles. The lowest BCUT2D eigenvalue weighted by Crippen LogP contribution is -2.55. The molecule has 1 aromatic carbocycles. The molecule has 0 radical (unpaired) electrons. The topological polar surface area (TPSA) is 94.0 Å². The zero-order valence-corrected chi connectivity index (χ0v) is 18.9. The number of piperidine rings is 2. The third-order valence-corrected chi connectivity index (χ3v) is 7.02. The van der Waals surface area contributed by atoms with Gasteiger partial charge in [-0.05, 0) is 56.6 Å². The van der Waals surface area contributed by atoms with E-state index in [-0.39, 0.29) is 36.0 Å². The summed E-state index contributed by atoms with van der Waals surface area (Å²) in [5, 5.41) is 3.27. The second-order valence-electron chi connectivity index (χ2n) is 8.41. The molecule has 0 amide bonds. The van der Waals surface area contributed by atoms with Crippen molar-refractivity contribution in [3.8, 4) is 5.69 Å². The van der Waals surface area contributed by atoms with E-state index in [1.165, 1.54) is 10.9 Å². The van der Waals surface area contributed by atoms with E-state index in [1.54, 1.807) is 24.3 Å². The standard InChI is InChI=1S/C21H24BrF2N7O/c22-13-1-3-15(4-2-13)30-17-18(25)27-12-28-19(17)31(20(30)32)16-7-10-29(11-21(16,23)24)14-5-8-26-9-6-14/h1-4,12,14,16,26H,5-11H2,(H2,25,27,28)/t16-/m0/s1. The molecule has 170 valence electrons. The maximum Gasteiger partial charge on any atom is 0.335 e. The van der Waals surface area contributed by atoms with E-state index in [0.717, 1.165) is 35.0 Å². The van der Waals surface area contributed by atoms with Gasteiger partial charge in [-0.25, -0.2) is 23.5 Å². The number of rotatable bonds is 3. The van der Waals surface area contributed by atoms with Crippen molar-refractivity contribution in [2.75, 3.05) is 31.9 Å². The number of anilines is 1. The average Bonchev–Trinajstić information content (AvgIpc) is 3.07. The number of alkyl halides is 2. The minimum Gasteiger partial charge on any atom is -0.382 e. The molecule has 0 bridgehead atoms. The monoisotopic (exact) mass is 507 g/mol. The molecule has 32 heavy (non-hydrogen) atoms. The zero-order chi connectivity index (χ0) is 22.5. The first-order valence-corrected chi connectivity index (χ1v) is 11.5. The first-order chi connectivity index (χ1) is 15.4. The molecule has 8 nitrogen and oxygen atoms in total. The first-order valence-electron chi connectivity index (χ1n) is 10.7. The minimum absolute atomic E-state index is 0.0734. The highest BCUT2D eigenvalue weighted by molar-refractivity contribution is 9.10. The number of halogens is 3. The molecule has 3 aromatic rings. The van der Waals surface area contributed by atoms with Gasteiger partial charge in [0.15, 0.2) is 11.5 Å². The van der Waals surface area contributed by atoms with Gasteiger partial charge in [0, 0.05) is 17.1 Å². The predicted molar refractivity (Wildman–Crippen MR) is 121 cm³/mol. The Hall–Kier alpha value is -2.37. The van der Waals surface area contributed by atoms with Gasteiger partial charge in [-0.3, -0.25) is 14.0 Å². The Morgan fingerprint density at radius 1 is 1.12 bits per heavy atom. The highest BCUT2D eigenvalue weighted by Gasteiger charge is 2.48. The van der Waals surface area contributed by atoms with Crippen LogP contribution in [0.3, 0.4) is 0 Å². The summed E-state index contributed by atoms with van der Waals surface area (Å²) in [5.41, 5.74) is 6.39. The molecule has 2 aliphatic heterocycles. The van der Waals surface area contributed by atoms with Crippen LogP contribution in [0.2, 0.25) is 0 Å². The summed E-state index contributed by atoms with van der Waals surface area (Å²) in [4.78, 5) is 23.6. The van der Waals surface area contributed by atoms with E-state index in [2.05, 4.69) is 31.2 Å². The van der Waals surface area contributed by atoms with Crippen LogP contribution in [-0.4, -0.2) is 62.1 Å². The first kappa shape index (κ1) is 21.5. The fraction of sp³-hybridized carbons (Fsp3) is 0.476. The number of nitrogens with zero attached hydrogens (tertiary/aromatic N) is 5. The minimum atomic E-state index is -3.09. The number of nitrogens with one attached hydrogen (secondary N) is 1. The van der Waals surface area contributed by atoms with Crippen molar-refractivity contribution in [2.45, 2.75) is 37.3 Å². The van der Waals surface area contributed by atoms with E-state index in [4.69, 9.17) is 5.73 Å². The Morgan fingerprint density at radius 3 is 2.53 bits per heavy atom. The van der Waals surface area contributed by atoms with Gasteiger partial charge in [0.1, 0.15) is 17.9 Å². The quantitative estimate of drug-likeness (QED) is 0.565. The number of benzene rings is 1. The summed E-state index contributed by atoms with van der Waals surface area (Å²) in [6.07, 6.45) is 3.07. The molecule has 3 N–H and O–H groups in total. The average molecular weight is 508 g/mol. The number of aromatic nitrogens is 4. The molecule has 11 heteroatoms. The number of nitrogens with two attached hydrogens (primary N) is 1. The summed E-state index contributed by atoms with van der Waals surface area (Å²) >= 11 is 3.37. The molecule has 2 saturated heterocycles. The maximum absolute atomic E-state index is 15.5. The molecule has 1 atom stereocenters. The molecule has 0 unspecified atom stereocenters. The van der Waals surface area contributed by atoms with Crippen molar-refractivity contribution in [3.63, 3.8) is 0 Å². The van der Waals surface area contributed by atoms with E-state index in [9.17, 15) is 4.79 Å². The summed E-state index contributed by atoms with van der Waals surface area (Å²) in [6, 6.07) is 5.83. The van der Waals surface area contributed by atoms with E-state index < -0.39 is 17.7 Å². The van der Waals surface area contributed by atoms with Crippen molar-refractivity contribution in [3.05, 3.63) is 45.5 Å². The largest absolute Gasteiger partial charge is 0.382 e. The number of likely N-dealkylation sites (tertiary alicyclic amines) is 1. The Balaban J connectivity index is 1.59. The second-order valence-corrected chi connectivity index (χ2v) is 9.33. The summed E-state index contributed by atoms with van der Waals surface area (Å²) in [7, 11) is 0. The third-order valence-electron chi connectivity index (χ3n) is 6.49. The molecule has 4 heterocycles. The van der Waals surface area contributed by atoms with E-state index >= 15 is 8.78 Å². The van der Waals surface area contributed by atoms with E-state index in [1.807, 2.05) is 4.90 Å². The Kier molecular flexibility index (Phi) is 5.50. The van der Waals surface area contributed by atoms with Crippen LogP contribution in [0.15, 0.2) is 39.9 Å². The lowest BCUT2D eigenvalue weighted by molar-refractivity contribution is -0.114. The SMILES string of the molecule is Nc1ncnc2c1n(-c1ccc(Br)cc1)c(=O)n2[C@H]1CCN(C2CCNCC2)CC1(F)F. The fourth-order valence-corrected chi connectivity index (χ4v) is 5.20. The van der Waals surface area contributed by atoms with Crippen LogP contribution in [0.4, 0.5) is 14.6 Å². The van der Waals surface area contributed by atoms with Gasteiger partial charge in [0.05, 0.1) is 12.2 Å². The van der Waals surface area contributed by atoms with Crippen LogP contribution in [0.1, 0.15) is 25.3 Å². The van der Waals surface area contributed by atoms with Gasteiger partial charge >= 0.3 is 5.69 Å². The van der Waals surface area contributed by atoms with Crippen molar-refractivity contribution in [2.24, 2.45) is 0 Å². The molecule has 0 aliphatic carbocycles. The maximum atomic E-state index is 15.5. The normalized spacial score (nSPS) is 22.4. The van der Waals surface area contributed by atoms with Crippen LogP contribution < -0.4 is 16.7 Å². The zero-order valence-electron chi connectivity index (χ0n) is 17.3. The number of imidazole rings is 1. The lowest BCUT2D eigenvalue weighted by Gasteiger charge is -2.43. The van der Waals surface area contributed by atoms with Gasteiger partial charge < -0.3 is 11.1 Å². The van der Waals surface area contributed by atoms with Gasteiger partial charge in [-0.15, -0.1) is 0 Å². The molecule has 5 rings (SSSR count). The fourth-order valence-electron chi connectivity index (χ4n) is 4.93. The van der Waals surface area contributed by atoms with E-state index in [0.29, 0.717) is 12.2 Å². The number of nitrogen functional groups attached to an aromatic ring is 1. The summed E-state index contributed by atoms with van der Waals surface area (Å²) in [6.45, 7) is 1.81. The van der Waals surface area contributed by atoms with Crippen molar-refractivity contribution in [1.29, 1.82) is 0 Å². The van der Waals surface area contributed by atoms with Gasteiger partial charge in [-0.1, -0.05) is 15.9 Å².